The van der Waals surface area contributed by atoms with Crippen molar-refractivity contribution >= 4 is 25.6 Å². The first-order valence-corrected chi connectivity index (χ1v) is 22.2. The zero-order valence-corrected chi connectivity index (χ0v) is 33.7. The molecule has 57 heavy (non-hydrogen) atoms. The lowest BCUT2D eigenvalue weighted by molar-refractivity contribution is -0.130. The van der Waals surface area contributed by atoms with Gasteiger partial charge in [-0.2, -0.15) is 0 Å². The average Bonchev–Trinajstić information content (AvgIpc) is 3.19. The summed E-state index contributed by atoms with van der Waals surface area (Å²) in [5, 5.41) is 3.27. The Morgan fingerprint density at radius 1 is 0.649 bits per heavy atom. The summed E-state index contributed by atoms with van der Waals surface area (Å²) in [6.07, 6.45) is 12.5. The Bertz CT molecular complexity index is 2400. The summed E-state index contributed by atoms with van der Waals surface area (Å²) < 4.78 is 60.7. The summed E-state index contributed by atoms with van der Waals surface area (Å²) >= 11 is 0. The second kappa shape index (κ2) is 19.5. The summed E-state index contributed by atoms with van der Waals surface area (Å²) in [6, 6.07) is 24.4. The number of rotatable bonds is 8. The molecule has 16 heteroatoms. The van der Waals surface area contributed by atoms with Gasteiger partial charge >= 0.3 is 0 Å². The van der Waals surface area contributed by atoms with E-state index in [0.717, 1.165) is 51.3 Å². The van der Waals surface area contributed by atoms with Gasteiger partial charge in [0.15, 0.2) is 19.7 Å². The molecule has 2 aliphatic rings. The highest BCUT2D eigenvalue weighted by Crippen LogP contribution is 2.20. The number of carbonyl (C=O) groups excluding carboxylic acids is 1. The third-order valence-corrected chi connectivity index (χ3v) is 11.5. The number of ether oxygens (including phenoxy) is 2. The maximum absolute atomic E-state index is 12.4. The number of nitrogens with zero attached hydrogens (tertiary/aromatic N) is 4. The predicted octanol–water partition coefficient (Wildman–Crippen LogP) is 4.08. The minimum absolute atomic E-state index is 0.0232. The quantitative estimate of drug-likeness (QED) is 0.239. The fourth-order valence-corrected chi connectivity index (χ4v) is 7.36. The van der Waals surface area contributed by atoms with Crippen molar-refractivity contribution in [1.29, 1.82) is 0 Å². The van der Waals surface area contributed by atoms with E-state index in [1.807, 2.05) is 18.2 Å². The van der Waals surface area contributed by atoms with Gasteiger partial charge in [0, 0.05) is 93.7 Å². The molecule has 0 saturated carbocycles. The van der Waals surface area contributed by atoms with Crippen molar-refractivity contribution < 1.29 is 31.1 Å². The lowest BCUT2D eigenvalue weighted by atomic mass is 10.1. The maximum atomic E-state index is 12.4. The van der Waals surface area contributed by atoms with Crippen LogP contribution in [0.5, 0.6) is 11.5 Å². The van der Waals surface area contributed by atoms with Crippen LogP contribution in [0.4, 0.5) is 0 Å². The van der Waals surface area contributed by atoms with Gasteiger partial charge in [-0.15, -0.1) is 0 Å². The fourth-order valence-electron chi connectivity index (χ4n) is 6.10. The van der Waals surface area contributed by atoms with Gasteiger partial charge in [0.1, 0.15) is 23.7 Å². The molecule has 14 nitrogen and oxygen atoms in total. The van der Waals surface area contributed by atoms with Crippen LogP contribution in [0.2, 0.25) is 0 Å². The van der Waals surface area contributed by atoms with Crippen molar-refractivity contribution in [3.05, 3.63) is 136 Å². The number of nitrogens with one attached hydrogen (secondary N) is 1. The van der Waals surface area contributed by atoms with E-state index in [9.17, 15) is 31.2 Å². The topological polar surface area (TPSA) is 176 Å². The Morgan fingerprint density at radius 3 is 1.40 bits per heavy atom. The van der Waals surface area contributed by atoms with Gasteiger partial charge in [0.2, 0.25) is 5.91 Å². The third kappa shape index (κ3) is 12.7. The number of hydrogen-bond acceptors (Lipinski definition) is 11. The second-order valence-electron chi connectivity index (χ2n) is 13.6. The number of hydrogen-bond donors (Lipinski definition) is 1. The normalized spacial score (nSPS) is 15.0. The molecule has 0 radical (unpaired) electrons. The molecule has 0 atom stereocenters. The summed E-state index contributed by atoms with van der Waals surface area (Å²) in [5.74, 6) is 1.12. The Labute approximate surface area is 332 Å². The third-order valence-electron chi connectivity index (χ3n) is 9.21. The number of amides is 1. The molecule has 1 N–H and O–H groups in total. The molecule has 5 aromatic rings. The smallest absolute Gasteiger partial charge is 0.258 e. The number of benzene rings is 2. The molecule has 7 rings (SSSR count). The van der Waals surface area contributed by atoms with E-state index in [1.54, 1.807) is 73.0 Å². The van der Waals surface area contributed by atoms with Crippen LogP contribution in [0.15, 0.2) is 135 Å². The van der Waals surface area contributed by atoms with Crippen LogP contribution in [-0.4, -0.2) is 92.7 Å². The molecular formula is C41H47N5O9S2. The molecule has 3 aromatic heterocycles. The van der Waals surface area contributed by atoms with Crippen LogP contribution in [0.1, 0.15) is 32.6 Å². The van der Waals surface area contributed by atoms with Crippen molar-refractivity contribution in [2.75, 3.05) is 38.7 Å². The van der Waals surface area contributed by atoms with Crippen molar-refractivity contribution in [3.8, 4) is 22.9 Å². The van der Waals surface area contributed by atoms with Gasteiger partial charge < -0.3 is 19.7 Å². The number of sulfone groups is 2. The molecule has 2 aliphatic heterocycles. The van der Waals surface area contributed by atoms with Crippen LogP contribution in [-0.2, 0) is 24.5 Å². The molecule has 0 spiro atoms. The lowest BCUT2D eigenvalue weighted by Gasteiger charge is -2.31. The Hall–Kier alpha value is -5.58. The van der Waals surface area contributed by atoms with E-state index in [1.165, 1.54) is 45.5 Å². The maximum Gasteiger partial charge on any atom is 0.258 e. The summed E-state index contributed by atoms with van der Waals surface area (Å²) in [4.78, 5) is 42.1. The summed E-state index contributed by atoms with van der Waals surface area (Å²) in [6.45, 7) is 4.72. The first kappa shape index (κ1) is 42.6. The van der Waals surface area contributed by atoms with Gasteiger partial charge in [-0.25, -0.2) is 16.8 Å². The Kier molecular flexibility index (Phi) is 14.6. The van der Waals surface area contributed by atoms with E-state index in [-0.39, 0.29) is 39.0 Å². The van der Waals surface area contributed by atoms with Crippen molar-refractivity contribution in [2.45, 2.75) is 54.6 Å². The molecule has 0 bridgehead atoms. The molecule has 0 unspecified atom stereocenters. The average molecular weight is 818 g/mol. The molecule has 1 amide bonds. The predicted molar refractivity (Wildman–Crippen MR) is 217 cm³/mol. The first-order chi connectivity index (χ1) is 27.2. The number of pyridine rings is 3. The van der Waals surface area contributed by atoms with E-state index in [0.29, 0.717) is 36.0 Å². The number of piperidine rings is 2. The largest absolute Gasteiger partial charge is 0.490 e. The van der Waals surface area contributed by atoms with Gasteiger partial charge in [0.25, 0.3) is 11.1 Å². The highest BCUT2D eigenvalue weighted by atomic mass is 32.2. The summed E-state index contributed by atoms with van der Waals surface area (Å²) in [7, 11) is -6.52. The first-order valence-electron chi connectivity index (χ1n) is 18.4. The highest BCUT2D eigenvalue weighted by Gasteiger charge is 2.22. The van der Waals surface area contributed by atoms with Crippen LogP contribution in [0, 0.1) is 0 Å². The molecule has 0 aliphatic carbocycles. The minimum Gasteiger partial charge on any atom is -0.490 e. The number of carbonyl (C=O) groups is 1. The van der Waals surface area contributed by atoms with Gasteiger partial charge in [-0.05, 0) is 98.7 Å². The van der Waals surface area contributed by atoms with E-state index in [2.05, 4.69) is 10.3 Å². The standard InChI is InChI=1S/C19H22N2O5S.C17H20N2O4S.C5H5N/c1-14(22)20-10-7-16(8-11-20)26-17-9-12-21(19(23)13-17)15-3-5-18(6-4-15)27(2,24)25;1-24(21,22)16-4-2-13(3-5-16)19-11-8-15(12-17(19)20)23-14-6-9-18-10-7-14;1-2-4-6-5-3-1/h3-6,9,12-13,16H,7-8,10-11H2,1-2H3;2-5,8,11-12,14,18H,6-7,9-10H2,1H3;1-5H. The lowest BCUT2D eigenvalue weighted by Crippen LogP contribution is -2.40. The highest BCUT2D eigenvalue weighted by molar-refractivity contribution is 7.91. The Balaban J connectivity index is 0.000000190. The van der Waals surface area contributed by atoms with Crippen LogP contribution in [0.3, 0.4) is 0 Å². The zero-order valence-electron chi connectivity index (χ0n) is 32.1. The van der Waals surface area contributed by atoms with E-state index >= 15 is 0 Å². The molecule has 302 valence electrons. The number of aromatic nitrogens is 3. The molecular weight excluding hydrogens is 771 g/mol. The minimum atomic E-state index is -3.28. The summed E-state index contributed by atoms with van der Waals surface area (Å²) in [5.41, 5.74) is 0.712. The SMILES string of the molecule is CC(=O)N1CCC(Oc2ccn(-c3ccc(S(C)(=O)=O)cc3)c(=O)c2)CC1.CS(=O)(=O)c1ccc(-n2ccc(OC3CCNCC3)cc2=O)cc1.c1ccncc1. The molecule has 5 heterocycles. The molecule has 2 aromatic carbocycles. The van der Waals surface area contributed by atoms with Gasteiger partial charge in [-0.1, -0.05) is 6.07 Å². The van der Waals surface area contributed by atoms with Crippen LogP contribution < -0.4 is 25.9 Å². The van der Waals surface area contributed by atoms with E-state index in [4.69, 9.17) is 9.47 Å². The van der Waals surface area contributed by atoms with Crippen molar-refractivity contribution in [3.63, 3.8) is 0 Å². The Morgan fingerprint density at radius 2 is 1.07 bits per heavy atom. The fraction of sp³-hybridized carbons (Fsp3) is 0.317. The van der Waals surface area contributed by atoms with Crippen LogP contribution in [0.25, 0.3) is 11.4 Å². The monoisotopic (exact) mass is 817 g/mol. The van der Waals surface area contributed by atoms with Crippen molar-refractivity contribution in [2.24, 2.45) is 0 Å². The zero-order chi connectivity index (χ0) is 41.0. The van der Waals surface area contributed by atoms with Crippen molar-refractivity contribution in [1.82, 2.24) is 24.3 Å². The number of likely N-dealkylation sites (tertiary alicyclic amines) is 1. The second-order valence-corrected chi connectivity index (χ2v) is 17.6. The molecule has 2 saturated heterocycles. The van der Waals surface area contributed by atoms with Gasteiger partial charge in [-0.3, -0.25) is 28.5 Å². The van der Waals surface area contributed by atoms with Gasteiger partial charge in [0.05, 0.1) is 9.79 Å². The molecule has 2 fully saturated rings. The van der Waals surface area contributed by atoms with Crippen LogP contribution >= 0.6 is 0 Å². The van der Waals surface area contributed by atoms with E-state index < -0.39 is 19.7 Å².